The molecule has 5 nitrogen and oxygen atoms in total. The lowest BCUT2D eigenvalue weighted by Crippen LogP contribution is -2.28. The van der Waals surface area contributed by atoms with Crippen molar-refractivity contribution in [3.8, 4) is 0 Å². The zero-order valence-corrected chi connectivity index (χ0v) is 16.7. The van der Waals surface area contributed by atoms with Crippen molar-refractivity contribution < 1.29 is 17.6 Å². The van der Waals surface area contributed by atoms with E-state index in [1.54, 1.807) is 6.07 Å². The summed E-state index contributed by atoms with van der Waals surface area (Å²) in [6.45, 7) is 0.440. The minimum atomic E-state index is -3.89. The molecule has 0 saturated heterocycles. The van der Waals surface area contributed by atoms with E-state index in [9.17, 15) is 17.6 Å². The molecule has 0 unspecified atom stereocenters. The van der Waals surface area contributed by atoms with Crippen LogP contribution in [0.3, 0.4) is 0 Å². The molecule has 0 atom stereocenters. The van der Waals surface area contributed by atoms with Gasteiger partial charge in [0.05, 0.1) is 10.6 Å². The lowest BCUT2D eigenvalue weighted by molar-refractivity contribution is 0.0954. The van der Waals surface area contributed by atoms with Crippen molar-refractivity contribution in [3.05, 3.63) is 95.8 Å². The molecule has 0 spiro atoms. The number of benzene rings is 3. The summed E-state index contributed by atoms with van der Waals surface area (Å²) >= 11 is 0. The molecule has 7 heteroatoms. The van der Waals surface area contributed by atoms with Gasteiger partial charge in [0.1, 0.15) is 5.82 Å². The van der Waals surface area contributed by atoms with Gasteiger partial charge in [-0.05, 0) is 54.4 Å². The fourth-order valence-corrected chi connectivity index (χ4v) is 4.05. The Balaban J connectivity index is 1.72. The molecule has 0 radical (unpaired) electrons. The minimum Gasteiger partial charge on any atom is -0.352 e. The quantitative estimate of drug-likeness (QED) is 0.645. The van der Waals surface area contributed by atoms with Crippen LogP contribution in [0.5, 0.6) is 0 Å². The standard InChI is InChI=1S/C22H21FN2O3S/c1-25(20-12-10-19(23)11-13-20)29(27,28)21-9-5-8-18(16-21)22(26)24-15-14-17-6-3-2-4-7-17/h2-13,16H,14-15H2,1H3,(H,24,26). The fourth-order valence-electron chi connectivity index (χ4n) is 2.81. The molecule has 150 valence electrons. The summed E-state index contributed by atoms with van der Waals surface area (Å²) in [5.41, 5.74) is 1.68. The van der Waals surface area contributed by atoms with Crippen molar-refractivity contribution in [2.24, 2.45) is 0 Å². The average molecular weight is 412 g/mol. The van der Waals surface area contributed by atoms with Gasteiger partial charge in [-0.1, -0.05) is 36.4 Å². The van der Waals surface area contributed by atoms with E-state index in [0.717, 1.165) is 9.87 Å². The van der Waals surface area contributed by atoms with Gasteiger partial charge in [-0.15, -0.1) is 0 Å². The van der Waals surface area contributed by atoms with Crippen LogP contribution in [0.2, 0.25) is 0 Å². The van der Waals surface area contributed by atoms with E-state index >= 15 is 0 Å². The number of hydrogen-bond acceptors (Lipinski definition) is 3. The smallest absolute Gasteiger partial charge is 0.264 e. The molecular weight excluding hydrogens is 391 g/mol. The molecule has 0 aromatic heterocycles. The third-order valence-corrected chi connectivity index (χ3v) is 6.27. The molecule has 0 aliphatic heterocycles. The van der Waals surface area contributed by atoms with Gasteiger partial charge < -0.3 is 5.32 Å². The first-order valence-electron chi connectivity index (χ1n) is 9.04. The molecule has 0 bridgehead atoms. The van der Waals surface area contributed by atoms with Gasteiger partial charge in [-0.3, -0.25) is 9.10 Å². The number of halogens is 1. The SMILES string of the molecule is CN(c1ccc(F)cc1)S(=O)(=O)c1cccc(C(=O)NCCc2ccccc2)c1. The first-order valence-corrected chi connectivity index (χ1v) is 10.5. The molecular formula is C22H21FN2O3S. The number of carbonyl (C=O) groups is 1. The van der Waals surface area contributed by atoms with Gasteiger partial charge in [0.15, 0.2) is 0 Å². The number of rotatable bonds is 7. The maximum Gasteiger partial charge on any atom is 0.264 e. The highest BCUT2D eigenvalue weighted by Gasteiger charge is 2.22. The topological polar surface area (TPSA) is 66.5 Å². The Bertz CT molecular complexity index is 1080. The Morgan fingerprint density at radius 1 is 0.966 bits per heavy atom. The van der Waals surface area contributed by atoms with Crippen molar-refractivity contribution in [1.29, 1.82) is 0 Å². The molecule has 3 rings (SSSR count). The second-order valence-electron chi connectivity index (χ2n) is 6.47. The summed E-state index contributed by atoms with van der Waals surface area (Å²) in [4.78, 5) is 12.4. The largest absolute Gasteiger partial charge is 0.352 e. The van der Waals surface area contributed by atoms with Crippen LogP contribution < -0.4 is 9.62 Å². The van der Waals surface area contributed by atoms with E-state index in [4.69, 9.17) is 0 Å². The van der Waals surface area contributed by atoms with Crippen LogP contribution in [0.15, 0.2) is 83.8 Å². The molecule has 0 saturated carbocycles. The Morgan fingerprint density at radius 3 is 2.34 bits per heavy atom. The maximum absolute atomic E-state index is 13.1. The summed E-state index contributed by atoms with van der Waals surface area (Å²) in [5.74, 6) is -0.795. The molecule has 0 heterocycles. The summed E-state index contributed by atoms with van der Waals surface area (Å²) in [6.07, 6.45) is 0.678. The lowest BCUT2D eigenvalue weighted by Gasteiger charge is -2.19. The highest BCUT2D eigenvalue weighted by atomic mass is 32.2. The van der Waals surface area contributed by atoms with Crippen LogP contribution >= 0.6 is 0 Å². The summed E-state index contributed by atoms with van der Waals surface area (Å²) in [7, 11) is -2.51. The molecule has 0 fully saturated rings. The third kappa shape index (κ3) is 5.00. The van der Waals surface area contributed by atoms with Crippen molar-refractivity contribution in [2.75, 3.05) is 17.9 Å². The van der Waals surface area contributed by atoms with Crippen molar-refractivity contribution >= 4 is 21.6 Å². The Kier molecular flexibility index (Phi) is 6.29. The number of nitrogens with zero attached hydrogens (tertiary/aromatic N) is 1. The van der Waals surface area contributed by atoms with E-state index in [1.165, 1.54) is 49.5 Å². The molecule has 0 aliphatic rings. The van der Waals surface area contributed by atoms with Gasteiger partial charge in [-0.2, -0.15) is 0 Å². The third-order valence-electron chi connectivity index (χ3n) is 4.49. The first-order chi connectivity index (χ1) is 13.9. The summed E-state index contributed by atoms with van der Waals surface area (Å²) < 4.78 is 39.9. The van der Waals surface area contributed by atoms with E-state index in [0.29, 0.717) is 18.7 Å². The van der Waals surface area contributed by atoms with Gasteiger partial charge in [0, 0.05) is 19.2 Å². The number of amides is 1. The van der Waals surface area contributed by atoms with Crippen LogP contribution in [-0.4, -0.2) is 27.9 Å². The summed E-state index contributed by atoms with van der Waals surface area (Å²) in [5, 5.41) is 2.80. The minimum absolute atomic E-state index is 0.0139. The zero-order chi connectivity index (χ0) is 20.9. The highest BCUT2D eigenvalue weighted by molar-refractivity contribution is 7.92. The normalized spacial score (nSPS) is 11.1. The zero-order valence-electron chi connectivity index (χ0n) is 15.9. The van der Waals surface area contributed by atoms with Crippen molar-refractivity contribution in [2.45, 2.75) is 11.3 Å². The van der Waals surface area contributed by atoms with E-state index in [2.05, 4.69) is 5.32 Å². The molecule has 1 amide bonds. The highest BCUT2D eigenvalue weighted by Crippen LogP contribution is 2.23. The number of nitrogens with one attached hydrogen (secondary N) is 1. The molecule has 1 N–H and O–H groups in total. The summed E-state index contributed by atoms with van der Waals surface area (Å²) in [6, 6.07) is 20.8. The number of hydrogen-bond donors (Lipinski definition) is 1. The van der Waals surface area contributed by atoms with E-state index in [-0.39, 0.29) is 16.4 Å². The van der Waals surface area contributed by atoms with Crippen LogP contribution in [0.1, 0.15) is 15.9 Å². The predicted molar refractivity (Wildman–Crippen MR) is 111 cm³/mol. The average Bonchev–Trinajstić information content (AvgIpc) is 2.74. The van der Waals surface area contributed by atoms with Gasteiger partial charge in [-0.25, -0.2) is 12.8 Å². The van der Waals surface area contributed by atoms with Crippen LogP contribution in [0, 0.1) is 5.82 Å². The monoisotopic (exact) mass is 412 g/mol. The van der Waals surface area contributed by atoms with E-state index < -0.39 is 15.8 Å². The van der Waals surface area contributed by atoms with Crippen LogP contribution in [0.25, 0.3) is 0 Å². The Hall–Kier alpha value is -3.19. The molecule has 29 heavy (non-hydrogen) atoms. The fraction of sp³-hybridized carbons (Fsp3) is 0.136. The number of sulfonamides is 1. The van der Waals surface area contributed by atoms with Gasteiger partial charge >= 0.3 is 0 Å². The van der Waals surface area contributed by atoms with Gasteiger partial charge in [0.2, 0.25) is 0 Å². The second kappa shape index (κ2) is 8.87. The number of carbonyl (C=O) groups excluding carboxylic acids is 1. The number of anilines is 1. The Morgan fingerprint density at radius 2 is 1.66 bits per heavy atom. The van der Waals surface area contributed by atoms with Crippen molar-refractivity contribution in [3.63, 3.8) is 0 Å². The van der Waals surface area contributed by atoms with Crippen LogP contribution in [0.4, 0.5) is 10.1 Å². The van der Waals surface area contributed by atoms with Crippen molar-refractivity contribution in [1.82, 2.24) is 5.32 Å². The molecule has 3 aromatic carbocycles. The Labute approximate surface area is 169 Å². The maximum atomic E-state index is 13.1. The predicted octanol–water partition coefficient (Wildman–Crippen LogP) is 3.62. The van der Waals surface area contributed by atoms with Crippen LogP contribution in [-0.2, 0) is 16.4 Å². The lowest BCUT2D eigenvalue weighted by atomic mass is 10.1. The second-order valence-corrected chi connectivity index (χ2v) is 8.44. The first kappa shape index (κ1) is 20.5. The molecule has 3 aromatic rings. The molecule has 0 aliphatic carbocycles. The van der Waals surface area contributed by atoms with E-state index in [1.807, 2.05) is 30.3 Å². The van der Waals surface area contributed by atoms with Gasteiger partial charge in [0.25, 0.3) is 15.9 Å².